The Kier molecular flexibility index (Phi) is 8.35. The molecule has 0 bridgehead atoms. The summed E-state index contributed by atoms with van der Waals surface area (Å²) < 4.78 is 75.3. The Morgan fingerprint density at radius 1 is 1.14 bits per heavy atom. The van der Waals surface area contributed by atoms with E-state index in [4.69, 9.17) is 9.15 Å². The van der Waals surface area contributed by atoms with Crippen LogP contribution in [0.2, 0.25) is 0 Å². The molecule has 2 fully saturated rings. The van der Waals surface area contributed by atoms with Crippen molar-refractivity contribution in [1.29, 1.82) is 0 Å². The van der Waals surface area contributed by atoms with E-state index in [2.05, 4.69) is 18.7 Å². The molecule has 0 unspecified atom stereocenters. The summed E-state index contributed by atoms with van der Waals surface area (Å²) in [7, 11) is -5.52. The summed E-state index contributed by atoms with van der Waals surface area (Å²) in [4.78, 5) is 14.1. The fourth-order valence-corrected chi connectivity index (χ4v) is 6.09. The van der Waals surface area contributed by atoms with Gasteiger partial charge in [0, 0.05) is 31.3 Å². The molecule has 0 amide bonds. The number of ether oxygens (including phenoxy) is 1. The van der Waals surface area contributed by atoms with Gasteiger partial charge in [0.05, 0.1) is 16.5 Å². The van der Waals surface area contributed by atoms with Gasteiger partial charge in [0.1, 0.15) is 0 Å². The number of likely N-dealkylation sites (tertiary alicyclic amines) is 1. The molecule has 1 aliphatic heterocycles. The van der Waals surface area contributed by atoms with Gasteiger partial charge in [0.2, 0.25) is 0 Å². The van der Waals surface area contributed by atoms with Crippen molar-refractivity contribution in [1.82, 2.24) is 9.47 Å². The van der Waals surface area contributed by atoms with E-state index < -0.39 is 26.0 Å². The zero-order valence-electron chi connectivity index (χ0n) is 19.8. The highest BCUT2D eigenvalue weighted by Crippen LogP contribution is 2.38. The minimum Gasteiger partial charge on any atom is -0.408 e. The van der Waals surface area contributed by atoms with Gasteiger partial charge in [-0.25, -0.2) is 13.2 Å². The largest absolute Gasteiger partial charge is 0.501 e. The summed E-state index contributed by atoms with van der Waals surface area (Å²) in [5.74, 6) is -0.685. The van der Waals surface area contributed by atoms with Crippen molar-refractivity contribution < 1.29 is 30.7 Å². The molecule has 1 saturated heterocycles. The van der Waals surface area contributed by atoms with E-state index in [1.54, 1.807) is 0 Å². The van der Waals surface area contributed by atoms with Crippen LogP contribution in [0.1, 0.15) is 64.8 Å². The van der Waals surface area contributed by atoms with Gasteiger partial charge in [-0.15, -0.1) is 12.4 Å². The van der Waals surface area contributed by atoms with Crippen LogP contribution in [0, 0.1) is 0 Å². The highest BCUT2D eigenvalue weighted by molar-refractivity contribution is 7.92. The lowest BCUT2D eigenvalue weighted by atomic mass is 9.79. The molecule has 198 valence electrons. The van der Waals surface area contributed by atoms with Gasteiger partial charge in [-0.05, 0) is 70.1 Å². The van der Waals surface area contributed by atoms with Crippen LogP contribution in [0.25, 0.3) is 11.1 Å². The maximum atomic E-state index is 13.0. The summed E-state index contributed by atoms with van der Waals surface area (Å²) in [6.07, 6.45) is 6.64. The quantitative estimate of drug-likeness (QED) is 0.508. The molecule has 35 heavy (non-hydrogen) atoms. The van der Waals surface area contributed by atoms with E-state index in [0.29, 0.717) is 18.9 Å². The molecule has 1 aromatic carbocycles. The zero-order chi connectivity index (χ0) is 24.7. The van der Waals surface area contributed by atoms with Crippen molar-refractivity contribution in [2.75, 3.05) is 19.7 Å². The Morgan fingerprint density at radius 2 is 1.77 bits per heavy atom. The Balaban J connectivity index is 0.00000342. The van der Waals surface area contributed by atoms with Gasteiger partial charge >= 0.3 is 11.3 Å². The molecule has 2 heterocycles. The number of oxazole rings is 1. The van der Waals surface area contributed by atoms with E-state index >= 15 is 0 Å². The molecular weight excluding hydrogens is 509 g/mol. The lowest BCUT2D eigenvalue weighted by Gasteiger charge is -2.48. The number of fused-ring (bicyclic) bond motifs is 1. The predicted octanol–water partition coefficient (Wildman–Crippen LogP) is 5.07. The normalized spacial score (nSPS) is 25.0. The van der Waals surface area contributed by atoms with Crippen molar-refractivity contribution in [3.8, 4) is 0 Å². The number of benzene rings is 1. The molecule has 1 saturated carbocycles. The van der Waals surface area contributed by atoms with E-state index in [0.717, 1.165) is 70.0 Å². The molecule has 2 aliphatic rings. The van der Waals surface area contributed by atoms with Gasteiger partial charge in [-0.1, -0.05) is 6.92 Å². The Labute approximate surface area is 208 Å². The highest BCUT2D eigenvalue weighted by Gasteiger charge is 2.47. The number of piperidine rings is 1. The molecule has 7 nitrogen and oxygen atoms in total. The van der Waals surface area contributed by atoms with E-state index in [9.17, 15) is 26.4 Å². The van der Waals surface area contributed by atoms with Crippen LogP contribution in [-0.2, 0) is 14.6 Å². The molecule has 0 radical (unpaired) electrons. The van der Waals surface area contributed by atoms with E-state index in [1.807, 2.05) is 0 Å². The first-order valence-electron chi connectivity index (χ1n) is 11.8. The van der Waals surface area contributed by atoms with Gasteiger partial charge in [0.25, 0.3) is 9.84 Å². The number of hydrogen-bond donors (Lipinski definition) is 0. The average Bonchev–Trinajstić information content (AvgIpc) is 3.13. The third kappa shape index (κ3) is 5.42. The number of sulfone groups is 1. The van der Waals surface area contributed by atoms with Crippen LogP contribution in [0.5, 0.6) is 0 Å². The van der Waals surface area contributed by atoms with Gasteiger partial charge in [0.15, 0.2) is 5.58 Å². The van der Waals surface area contributed by atoms with E-state index in [1.165, 1.54) is 4.57 Å². The number of halogens is 4. The first-order valence-corrected chi connectivity index (χ1v) is 13.3. The first-order chi connectivity index (χ1) is 16.0. The van der Waals surface area contributed by atoms with Crippen molar-refractivity contribution in [3.63, 3.8) is 0 Å². The molecule has 2 aromatic rings. The van der Waals surface area contributed by atoms with Crippen LogP contribution in [0.4, 0.5) is 13.2 Å². The minimum atomic E-state index is -5.52. The summed E-state index contributed by atoms with van der Waals surface area (Å²) in [5.41, 5.74) is -5.22. The molecule has 12 heteroatoms. The monoisotopic (exact) mass is 540 g/mol. The summed E-state index contributed by atoms with van der Waals surface area (Å²) >= 11 is 0. The molecule has 0 spiro atoms. The highest BCUT2D eigenvalue weighted by atomic mass is 35.5. The molecule has 1 aliphatic carbocycles. The van der Waals surface area contributed by atoms with Gasteiger partial charge < -0.3 is 9.15 Å². The van der Waals surface area contributed by atoms with Gasteiger partial charge in [-0.2, -0.15) is 13.2 Å². The Hall–Kier alpha value is -1.56. The second-order valence-electron chi connectivity index (χ2n) is 9.60. The Bertz CT molecular complexity index is 1180. The second kappa shape index (κ2) is 10.4. The molecule has 1 aromatic heterocycles. The maximum absolute atomic E-state index is 13.0. The smallest absolute Gasteiger partial charge is 0.408 e. The number of rotatable bonds is 6. The van der Waals surface area contributed by atoms with Crippen molar-refractivity contribution in [3.05, 3.63) is 28.7 Å². The van der Waals surface area contributed by atoms with Crippen molar-refractivity contribution >= 4 is 33.3 Å². The number of nitrogens with zero attached hydrogens (tertiary/aromatic N) is 2. The molecule has 4 rings (SSSR count). The molecular formula is C23H32ClF3N2O5S. The fourth-order valence-electron chi connectivity index (χ4n) is 5.30. The van der Waals surface area contributed by atoms with Crippen LogP contribution in [0.3, 0.4) is 0 Å². The standard InChI is InChI=1S/C23H31F3N2O5S.ClH/c1-3-14-32-17-6-10-22(2,11-7-17)27-12-8-16(9-13-27)28-19-15-18(34(30,31)23(24,25)26)4-5-20(19)33-21(28)29;/h4-5,15-17H,3,6-14H2,1-2H3;1H/t17-,22-;. The first kappa shape index (κ1) is 28.0. The van der Waals surface area contributed by atoms with Crippen LogP contribution >= 0.6 is 12.4 Å². The van der Waals surface area contributed by atoms with Crippen molar-refractivity contribution in [2.24, 2.45) is 0 Å². The third-order valence-electron chi connectivity index (χ3n) is 7.36. The van der Waals surface area contributed by atoms with Crippen molar-refractivity contribution in [2.45, 2.75) is 86.9 Å². The maximum Gasteiger partial charge on any atom is 0.501 e. The van der Waals surface area contributed by atoms with E-state index in [-0.39, 0.29) is 35.1 Å². The number of alkyl halides is 3. The molecule has 0 N–H and O–H groups in total. The van der Waals surface area contributed by atoms with Crippen LogP contribution in [0.15, 0.2) is 32.3 Å². The summed E-state index contributed by atoms with van der Waals surface area (Å²) in [6.45, 7) is 6.62. The number of aromatic nitrogens is 1. The average molecular weight is 541 g/mol. The lowest BCUT2D eigenvalue weighted by Crippen LogP contribution is -2.53. The lowest BCUT2D eigenvalue weighted by molar-refractivity contribution is -0.0436. The van der Waals surface area contributed by atoms with Crippen LogP contribution < -0.4 is 5.76 Å². The summed E-state index contributed by atoms with van der Waals surface area (Å²) in [6, 6.07) is 2.55. The Morgan fingerprint density at radius 3 is 2.34 bits per heavy atom. The minimum absolute atomic E-state index is 0. The SMILES string of the molecule is CCCO[C@H]1CC[C@](C)(N2CCC(n3c(=O)oc4ccc(S(=O)(=O)C(F)(F)F)cc43)CC2)CC1.Cl. The topological polar surface area (TPSA) is 81.8 Å². The zero-order valence-corrected chi connectivity index (χ0v) is 21.5. The summed E-state index contributed by atoms with van der Waals surface area (Å²) in [5, 5.41) is 0. The second-order valence-corrected chi connectivity index (χ2v) is 11.5. The van der Waals surface area contributed by atoms with Gasteiger partial charge in [-0.3, -0.25) is 9.47 Å². The fraction of sp³-hybridized carbons (Fsp3) is 0.696. The number of hydrogen-bond acceptors (Lipinski definition) is 6. The molecule has 0 atom stereocenters. The third-order valence-corrected chi connectivity index (χ3v) is 8.84. The predicted molar refractivity (Wildman–Crippen MR) is 128 cm³/mol. The van der Waals surface area contributed by atoms with Crippen LogP contribution in [-0.4, -0.2) is 54.7 Å².